The number of hydrogen-bond donors (Lipinski definition) is 2. The van der Waals surface area contributed by atoms with Crippen LogP contribution in [-0.4, -0.2) is 12.6 Å². The number of hydrogen-bond acceptors (Lipinski definition) is 5. The van der Waals surface area contributed by atoms with E-state index in [1.165, 1.54) is 0 Å². The van der Waals surface area contributed by atoms with Gasteiger partial charge in [0, 0.05) is 29.1 Å². The van der Waals surface area contributed by atoms with E-state index in [-0.39, 0.29) is 24.5 Å². The molecule has 2 N–H and O–H groups in total. The lowest BCUT2D eigenvalue weighted by molar-refractivity contribution is -0.122. The number of nitrogens with one attached hydrogen (secondary N) is 2. The summed E-state index contributed by atoms with van der Waals surface area (Å²) >= 11 is 6.70. The summed E-state index contributed by atoms with van der Waals surface area (Å²) in [5.41, 5.74) is 4.70. The molecule has 3 aromatic carbocycles. The monoisotopic (exact) mass is 444 g/mol. The first-order valence-electron chi connectivity index (χ1n) is 10.7. The standard InChI is InChI=1S/C26H21ClN2O3/c27-18-13-24-23(31-14-32-24)12-17(18)26-25-21(28-19-8-4-5-9-20(19)29-26)10-16(11-22(25)30)15-6-2-1-3-7-15/h1-10,12-13,16,25-26,28-29H,11,14H2. The third-order valence-electron chi connectivity index (χ3n) is 6.39. The third kappa shape index (κ3) is 3.21. The Morgan fingerprint density at radius 2 is 1.62 bits per heavy atom. The van der Waals surface area contributed by atoms with Crippen molar-refractivity contribution in [1.82, 2.24) is 0 Å². The number of fused-ring (bicyclic) bond motifs is 3. The quantitative estimate of drug-likeness (QED) is 0.515. The number of allylic oxidation sites excluding steroid dienone is 1. The predicted molar refractivity (Wildman–Crippen MR) is 124 cm³/mol. The zero-order valence-corrected chi connectivity index (χ0v) is 17.9. The second-order valence-electron chi connectivity index (χ2n) is 8.31. The molecule has 3 aromatic rings. The van der Waals surface area contributed by atoms with E-state index in [0.29, 0.717) is 22.9 Å². The molecular weight excluding hydrogens is 424 g/mol. The van der Waals surface area contributed by atoms with E-state index in [2.05, 4.69) is 28.8 Å². The number of rotatable bonds is 2. The summed E-state index contributed by atoms with van der Waals surface area (Å²) in [6.45, 7) is 0.171. The summed E-state index contributed by atoms with van der Waals surface area (Å²) in [5, 5.41) is 7.67. The van der Waals surface area contributed by atoms with Crippen molar-refractivity contribution >= 4 is 28.8 Å². The molecule has 0 saturated carbocycles. The molecule has 0 fully saturated rings. The minimum absolute atomic E-state index is 0.0283. The Kier molecular flexibility index (Phi) is 4.58. The van der Waals surface area contributed by atoms with E-state index in [1.54, 1.807) is 6.07 Å². The Balaban J connectivity index is 1.49. The summed E-state index contributed by atoms with van der Waals surface area (Å²) in [7, 11) is 0. The number of halogens is 1. The molecule has 0 saturated heterocycles. The van der Waals surface area contributed by atoms with Crippen LogP contribution in [0.1, 0.15) is 29.5 Å². The fourth-order valence-corrected chi connectivity index (χ4v) is 5.12. The topological polar surface area (TPSA) is 59.6 Å². The Hall–Kier alpha value is -3.44. The minimum atomic E-state index is -0.403. The van der Waals surface area contributed by atoms with Gasteiger partial charge in [-0.3, -0.25) is 4.79 Å². The number of anilines is 2. The van der Waals surface area contributed by atoms with Crippen molar-refractivity contribution in [3.63, 3.8) is 0 Å². The molecule has 5 nitrogen and oxygen atoms in total. The van der Waals surface area contributed by atoms with Gasteiger partial charge in [0.05, 0.1) is 23.3 Å². The lowest BCUT2D eigenvalue weighted by atomic mass is 9.76. The van der Waals surface area contributed by atoms with Gasteiger partial charge in [0.25, 0.3) is 0 Å². The lowest BCUT2D eigenvalue weighted by Crippen LogP contribution is -2.34. The normalized spacial score (nSPS) is 23.2. The molecule has 0 bridgehead atoms. The summed E-state index contributed by atoms with van der Waals surface area (Å²) in [4.78, 5) is 13.6. The molecule has 1 aliphatic carbocycles. The first kappa shape index (κ1) is 19.3. The van der Waals surface area contributed by atoms with Crippen LogP contribution in [0, 0.1) is 5.92 Å². The van der Waals surface area contributed by atoms with E-state index >= 15 is 0 Å². The second-order valence-corrected chi connectivity index (χ2v) is 8.71. The first-order valence-corrected chi connectivity index (χ1v) is 11.1. The van der Waals surface area contributed by atoms with Gasteiger partial charge in [0.2, 0.25) is 6.79 Å². The maximum absolute atomic E-state index is 13.6. The maximum Gasteiger partial charge on any atom is 0.231 e. The zero-order chi connectivity index (χ0) is 21.7. The highest BCUT2D eigenvalue weighted by molar-refractivity contribution is 6.31. The van der Waals surface area contributed by atoms with Gasteiger partial charge in [-0.05, 0) is 29.3 Å². The van der Waals surface area contributed by atoms with Crippen molar-refractivity contribution in [3.05, 3.63) is 94.7 Å². The van der Waals surface area contributed by atoms with Crippen LogP contribution in [-0.2, 0) is 4.79 Å². The van der Waals surface area contributed by atoms with E-state index in [1.807, 2.05) is 48.5 Å². The molecule has 2 aliphatic heterocycles. The van der Waals surface area contributed by atoms with Gasteiger partial charge in [0.15, 0.2) is 11.5 Å². The van der Waals surface area contributed by atoms with Crippen LogP contribution in [0.2, 0.25) is 5.02 Å². The molecule has 6 heteroatoms. The van der Waals surface area contributed by atoms with Gasteiger partial charge in [-0.15, -0.1) is 0 Å². The number of ether oxygens (including phenoxy) is 2. The predicted octanol–water partition coefficient (Wildman–Crippen LogP) is 5.90. The largest absolute Gasteiger partial charge is 0.454 e. The number of ketones is 1. The molecule has 0 amide bonds. The average molecular weight is 445 g/mol. The Morgan fingerprint density at radius 3 is 2.44 bits per heavy atom. The minimum Gasteiger partial charge on any atom is -0.454 e. The average Bonchev–Trinajstić information content (AvgIpc) is 3.18. The zero-order valence-electron chi connectivity index (χ0n) is 17.2. The molecular formula is C26H21ClN2O3. The van der Waals surface area contributed by atoms with Crippen molar-refractivity contribution in [1.29, 1.82) is 0 Å². The van der Waals surface area contributed by atoms with Gasteiger partial charge in [-0.2, -0.15) is 0 Å². The molecule has 2 heterocycles. The van der Waals surface area contributed by atoms with Crippen molar-refractivity contribution in [2.24, 2.45) is 5.92 Å². The van der Waals surface area contributed by atoms with Crippen LogP contribution >= 0.6 is 11.6 Å². The van der Waals surface area contributed by atoms with E-state index in [4.69, 9.17) is 21.1 Å². The van der Waals surface area contributed by atoms with Gasteiger partial charge in [-0.25, -0.2) is 0 Å². The molecule has 6 rings (SSSR count). The summed E-state index contributed by atoms with van der Waals surface area (Å²) in [6.07, 6.45) is 2.63. The van der Waals surface area contributed by atoms with Crippen LogP contribution < -0.4 is 20.1 Å². The highest BCUT2D eigenvalue weighted by atomic mass is 35.5. The number of carbonyl (C=O) groups is 1. The number of para-hydroxylation sites is 2. The number of carbonyl (C=O) groups excluding carboxylic acids is 1. The van der Waals surface area contributed by atoms with Gasteiger partial charge in [-0.1, -0.05) is 60.1 Å². The van der Waals surface area contributed by atoms with E-state index < -0.39 is 5.92 Å². The van der Waals surface area contributed by atoms with Crippen LogP contribution in [0.4, 0.5) is 11.4 Å². The fourth-order valence-electron chi connectivity index (χ4n) is 4.85. The van der Waals surface area contributed by atoms with E-state index in [0.717, 1.165) is 28.2 Å². The fraction of sp³-hybridized carbons (Fsp3) is 0.192. The molecule has 0 radical (unpaired) electrons. The van der Waals surface area contributed by atoms with Gasteiger partial charge in [0.1, 0.15) is 5.78 Å². The number of benzene rings is 3. The Bertz CT molecular complexity index is 1240. The molecule has 0 spiro atoms. The molecule has 0 aromatic heterocycles. The lowest BCUT2D eigenvalue weighted by Gasteiger charge is -2.33. The first-order chi connectivity index (χ1) is 15.7. The summed E-state index contributed by atoms with van der Waals surface area (Å²) in [6, 6.07) is 21.5. The smallest absolute Gasteiger partial charge is 0.231 e. The van der Waals surface area contributed by atoms with Crippen LogP contribution in [0.15, 0.2) is 78.5 Å². The molecule has 32 heavy (non-hydrogen) atoms. The third-order valence-corrected chi connectivity index (χ3v) is 6.72. The molecule has 3 aliphatic rings. The van der Waals surface area contributed by atoms with Crippen LogP contribution in [0.3, 0.4) is 0 Å². The highest BCUT2D eigenvalue weighted by Crippen LogP contribution is 2.48. The van der Waals surface area contributed by atoms with Crippen LogP contribution in [0.25, 0.3) is 0 Å². The molecule has 3 atom stereocenters. The summed E-state index contributed by atoms with van der Waals surface area (Å²) < 4.78 is 11.1. The van der Waals surface area contributed by atoms with Crippen molar-refractivity contribution in [2.45, 2.75) is 18.4 Å². The number of Topliss-reactive ketones (excluding diaryl/α,β-unsaturated/α-hetero) is 1. The van der Waals surface area contributed by atoms with Gasteiger partial charge >= 0.3 is 0 Å². The SMILES string of the molecule is O=C1CC(c2ccccc2)C=C2Nc3ccccc3NC(c3cc4c(cc3Cl)OCO4)C12. The highest BCUT2D eigenvalue weighted by Gasteiger charge is 2.41. The second kappa shape index (κ2) is 7.61. The van der Waals surface area contributed by atoms with Crippen molar-refractivity contribution in [3.8, 4) is 11.5 Å². The Morgan fingerprint density at radius 1 is 0.906 bits per heavy atom. The van der Waals surface area contributed by atoms with Gasteiger partial charge < -0.3 is 20.1 Å². The summed E-state index contributed by atoms with van der Waals surface area (Å²) in [5.74, 6) is 1.07. The van der Waals surface area contributed by atoms with Crippen molar-refractivity contribution < 1.29 is 14.3 Å². The molecule has 160 valence electrons. The maximum atomic E-state index is 13.6. The van der Waals surface area contributed by atoms with E-state index in [9.17, 15) is 4.79 Å². The molecule has 3 unspecified atom stereocenters. The van der Waals surface area contributed by atoms with Crippen LogP contribution in [0.5, 0.6) is 11.5 Å². The Labute approximate surface area is 191 Å². The van der Waals surface area contributed by atoms with Crippen molar-refractivity contribution in [2.75, 3.05) is 17.4 Å².